The van der Waals surface area contributed by atoms with Crippen molar-refractivity contribution >= 4 is 35.9 Å². The molecule has 0 aromatic carbocycles. The van der Waals surface area contributed by atoms with Gasteiger partial charge in [0.1, 0.15) is 0 Å². The van der Waals surface area contributed by atoms with Crippen LogP contribution in [0.15, 0.2) is 4.99 Å². The number of guanidine groups is 1. The fraction of sp³-hybridized carbons (Fsp3) is 0.846. The van der Waals surface area contributed by atoms with Crippen LogP contribution in [0.2, 0.25) is 0 Å². The van der Waals surface area contributed by atoms with E-state index in [1.807, 2.05) is 0 Å². The highest BCUT2D eigenvalue weighted by Crippen LogP contribution is 1.99. The number of methoxy groups -OCH3 is 1. The SMILES string of the molecule is CCCCNC(=NC)NCCCCCC(=O)OC.I. The van der Waals surface area contributed by atoms with Crippen molar-refractivity contribution in [3.05, 3.63) is 0 Å². The molecule has 0 aliphatic rings. The number of hydrogen-bond donors (Lipinski definition) is 2. The van der Waals surface area contributed by atoms with Crippen molar-refractivity contribution in [2.24, 2.45) is 4.99 Å². The Balaban J connectivity index is 0. The minimum absolute atomic E-state index is 0. The highest BCUT2D eigenvalue weighted by molar-refractivity contribution is 14.0. The number of halogens is 1. The highest BCUT2D eigenvalue weighted by atomic mass is 127. The summed E-state index contributed by atoms with van der Waals surface area (Å²) < 4.78 is 4.58. The largest absolute Gasteiger partial charge is 0.469 e. The molecule has 0 atom stereocenters. The van der Waals surface area contributed by atoms with Gasteiger partial charge in [-0.15, -0.1) is 24.0 Å². The Morgan fingerprint density at radius 1 is 1.11 bits per heavy atom. The minimum Gasteiger partial charge on any atom is -0.469 e. The van der Waals surface area contributed by atoms with Crippen LogP contribution >= 0.6 is 24.0 Å². The number of rotatable bonds is 9. The van der Waals surface area contributed by atoms with E-state index < -0.39 is 0 Å². The van der Waals surface area contributed by atoms with Gasteiger partial charge in [-0.25, -0.2) is 0 Å². The molecule has 0 aromatic heterocycles. The van der Waals surface area contributed by atoms with Crippen LogP contribution in [0.25, 0.3) is 0 Å². The molecule has 19 heavy (non-hydrogen) atoms. The van der Waals surface area contributed by atoms with E-state index in [9.17, 15) is 4.79 Å². The Kier molecular flexibility index (Phi) is 17.0. The third kappa shape index (κ3) is 13.7. The maximum absolute atomic E-state index is 10.9. The standard InChI is InChI=1S/C13H27N3O2.HI/c1-4-5-10-15-13(14-2)16-11-8-6-7-9-12(17)18-3;/h4-11H2,1-3H3,(H2,14,15,16);1H. The van der Waals surface area contributed by atoms with E-state index in [0.717, 1.165) is 44.7 Å². The molecule has 5 nitrogen and oxygen atoms in total. The lowest BCUT2D eigenvalue weighted by atomic mass is 10.2. The summed E-state index contributed by atoms with van der Waals surface area (Å²) in [5.41, 5.74) is 0. The molecule has 0 fully saturated rings. The molecule has 0 heterocycles. The fourth-order valence-corrected chi connectivity index (χ4v) is 1.48. The first-order valence-corrected chi connectivity index (χ1v) is 6.76. The number of carbonyl (C=O) groups is 1. The van der Waals surface area contributed by atoms with Gasteiger partial charge >= 0.3 is 5.97 Å². The van der Waals surface area contributed by atoms with Gasteiger partial charge in [0.25, 0.3) is 0 Å². The second-order valence-corrected chi connectivity index (χ2v) is 4.17. The van der Waals surface area contributed by atoms with Crippen molar-refractivity contribution in [2.45, 2.75) is 45.4 Å². The Morgan fingerprint density at radius 2 is 1.74 bits per heavy atom. The summed E-state index contributed by atoms with van der Waals surface area (Å²) >= 11 is 0. The summed E-state index contributed by atoms with van der Waals surface area (Å²) in [6.07, 6.45) is 5.78. The number of nitrogens with zero attached hydrogens (tertiary/aromatic N) is 1. The van der Waals surface area contributed by atoms with Crippen LogP contribution < -0.4 is 10.6 Å². The van der Waals surface area contributed by atoms with E-state index in [-0.39, 0.29) is 29.9 Å². The van der Waals surface area contributed by atoms with Gasteiger partial charge < -0.3 is 15.4 Å². The van der Waals surface area contributed by atoms with Crippen LogP contribution in [0.4, 0.5) is 0 Å². The van der Waals surface area contributed by atoms with E-state index in [0.29, 0.717) is 6.42 Å². The predicted octanol–water partition coefficient (Wildman–Crippen LogP) is 2.30. The smallest absolute Gasteiger partial charge is 0.305 e. The number of unbranched alkanes of at least 4 members (excludes halogenated alkanes) is 3. The van der Waals surface area contributed by atoms with Crippen molar-refractivity contribution < 1.29 is 9.53 Å². The average Bonchev–Trinajstić information content (AvgIpc) is 2.40. The molecule has 0 rings (SSSR count). The zero-order valence-electron chi connectivity index (χ0n) is 12.3. The highest BCUT2D eigenvalue weighted by Gasteiger charge is 1.99. The number of nitrogens with one attached hydrogen (secondary N) is 2. The van der Waals surface area contributed by atoms with Gasteiger partial charge in [-0.05, 0) is 19.3 Å². The van der Waals surface area contributed by atoms with Crippen LogP contribution in [0.3, 0.4) is 0 Å². The van der Waals surface area contributed by atoms with Crippen molar-refractivity contribution in [2.75, 3.05) is 27.2 Å². The van der Waals surface area contributed by atoms with Gasteiger partial charge in [0.15, 0.2) is 5.96 Å². The Morgan fingerprint density at radius 3 is 2.26 bits per heavy atom. The zero-order chi connectivity index (χ0) is 13.6. The van der Waals surface area contributed by atoms with E-state index in [1.54, 1.807) is 7.05 Å². The number of esters is 1. The molecule has 0 saturated carbocycles. The molecular formula is C13H28IN3O2. The maximum atomic E-state index is 10.9. The third-order valence-electron chi connectivity index (χ3n) is 2.62. The molecule has 0 aliphatic heterocycles. The van der Waals surface area contributed by atoms with Crippen LogP contribution in [-0.4, -0.2) is 39.2 Å². The lowest BCUT2D eigenvalue weighted by Crippen LogP contribution is -2.38. The fourth-order valence-electron chi connectivity index (χ4n) is 1.48. The Bertz CT molecular complexity index is 248. The molecule has 0 bridgehead atoms. The maximum Gasteiger partial charge on any atom is 0.305 e. The van der Waals surface area contributed by atoms with E-state index in [4.69, 9.17) is 0 Å². The second kappa shape index (κ2) is 15.5. The van der Waals surface area contributed by atoms with E-state index in [2.05, 4.69) is 27.3 Å². The van der Waals surface area contributed by atoms with Gasteiger partial charge in [0, 0.05) is 26.6 Å². The molecule has 0 spiro atoms. The van der Waals surface area contributed by atoms with Crippen molar-refractivity contribution in [1.29, 1.82) is 0 Å². The van der Waals surface area contributed by atoms with Crippen LogP contribution in [0, 0.1) is 0 Å². The third-order valence-corrected chi connectivity index (χ3v) is 2.62. The molecule has 0 aliphatic carbocycles. The first-order chi connectivity index (χ1) is 8.74. The minimum atomic E-state index is -0.125. The first kappa shape index (κ1) is 20.8. The summed E-state index contributed by atoms with van der Waals surface area (Å²) in [6.45, 7) is 4.00. The molecule has 2 N–H and O–H groups in total. The number of carbonyl (C=O) groups excluding carboxylic acids is 1. The van der Waals surface area contributed by atoms with Crippen LogP contribution in [0.5, 0.6) is 0 Å². The first-order valence-electron chi connectivity index (χ1n) is 6.76. The van der Waals surface area contributed by atoms with Gasteiger partial charge in [-0.2, -0.15) is 0 Å². The summed E-state index contributed by atoms with van der Waals surface area (Å²) in [5, 5.41) is 6.51. The lowest BCUT2D eigenvalue weighted by molar-refractivity contribution is -0.140. The lowest BCUT2D eigenvalue weighted by Gasteiger charge is -2.11. The van der Waals surface area contributed by atoms with Crippen molar-refractivity contribution in [1.82, 2.24) is 10.6 Å². The molecule has 6 heteroatoms. The van der Waals surface area contributed by atoms with Gasteiger partial charge in [-0.3, -0.25) is 9.79 Å². The molecule has 0 amide bonds. The van der Waals surface area contributed by atoms with Crippen LogP contribution in [-0.2, 0) is 9.53 Å². The van der Waals surface area contributed by atoms with Gasteiger partial charge in [0.05, 0.1) is 7.11 Å². The second-order valence-electron chi connectivity index (χ2n) is 4.17. The topological polar surface area (TPSA) is 62.7 Å². The molecule has 0 saturated heterocycles. The van der Waals surface area contributed by atoms with Crippen molar-refractivity contribution in [3.8, 4) is 0 Å². The molecule has 114 valence electrons. The molecule has 0 aromatic rings. The average molecular weight is 385 g/mol. The summed E-state index contributed by atoms with van der Waals surface area (Å²) in [5.74, 6) is 0.733. The zero-order valence-corrected chi connectivity index (χ0v) is 14.7. The quantitative estimate of drug-likeness (QED) is 0.210. The van der Waals surface area contributed by atoms with Crippen LogP contribution in [0.1, 0.15) is 45.4 Å². The number of aliphatic imine (C=N–C) groups is 1. The molecule has 0 unspecified atom stereocenters. The van der Waals surface area contributed by atoms with E-state index >= 15 is 0 Å². The number of hydrogen-bond acceptors (Lipinski definition) is 3. The monoisotopic (exact) mass is 385 g/mol. The Hall–Kier alpha value is -0.530. The summed E-state index contributed by atoms with van der Waals surface area (Å²) in [7, 11) is 3.20. The molecule has 0 radical (unpaired) electrons. The van der Waals surface area contributed by atoms with Crippen molar-refractivity contribution in [3.63, 3.8) is 0 Å². The Labute approximate surface area is 134 Å². The number of ether oxygens (including phenoxy) is 1. The predicted molar refractivity (Wildman–Crippen MR) is 90.2 cm³/mol. The molecular weight excluding hydrogens is 357 g/mol. The van der Waals surface area contributed by atoms with Gasteiger partial charge in [0.2, 0.25) is 0 Å². The van der Waals surface area contributed by atoms with E-state index in [1.165, 1.54) is 13.5 Å². The van der Waals surface area contributed by atoms with Gasteiger partial charge in [-0.1, -0.05) is 19.8 Å². The summed E-state index contributed by atoms with van der Waals surface area (Å²) in [6, 6.07) is 0. The normalized spacial score (nSPS) is 10.6. The summed E-state index contributed by atoms with van der Waals surface area (Å²) in [4.78, 5) is 15.0.